The van der Waals surface area contributed by atoms with E-state index in [4.69, 9.17) is 0 Å². The van der Waals surface area contributed by atoms with Crippen molar-refractivity contribution in [1.29, 1.82) is 0 Å². The topological polar surface area (TPSA) is 71.2 Å². The number of hydrogen-bond donors (Lipinski definition) is 2. The first-order valence-electron chi connectivity index (χ1n) is 5.13. The van der Waals surface area contributed by atoms with E-state index in [0.717, 1.165) is 10.9 Å². The molecule has 1 aromatic carbocycles. The normalized spacial score (nSPS) is 10.2. The first-order chi connectivity index (χ1) is 8.22. The molecule has 17 heavy (non-hydrogen) atoms. The Kier molecular flexibility index (Phi) is 3.09. The lowest BCUT2D eigenvalue weighted by Gasteiger charge is -2.04. The summed E-state index contributed by atoms with van der Waals surface area (Å²) in [5, 5.41) is 3.45. The predicted octanol–water partition coefficient (Wildman–Crippen LogP) is 1.07. The predicted molar refractivity (Wildman–Crippen MR) is 62.6 cm³/mol. The summed E-state index contributed by atoms with van der Waals surface area (Å²) in [5.74, 6) is -0.777. The number of nitrogens with one attached hydrogen (secondary N) is 2. The highest BCUT2D eigenvalue weighted by Crippen LogP contribution is 2.16. The first kappa shape index (κ1) is 11.2. The van der Waals surface area contributed by atoms with Crippen molar-refractivity contribution in [3.8, 4) is 0 Å². The van der Waals surface area contributed by atoms with Gasteiger partial charge >= 0.3 is 5.97 Å². The minimum atomic E-state index is -0.475. The molecule has 0 spiro atoms. The smallest absolute Gasteiger partial charge is 0.325 e. The zero-order chi connectivity index (χ0) is 12.3. The summed E-state index contributed by atoms with van der Waals surface area (Å²) in [6.45, 7) is -0.133. The van der Waals surface area contributed by atoms with Crippen LogP contribution in [0.5, 0.6) is 0 Å². The molecule has 5 heteroatoms. The van der Waals surface area contributed by atoms with Crippen LogP contribution in [-0.4, -0.2) is 30.5 Å². The van der Waals surface area contributed by atoms with E-state index in [9.17, 15) is 9.59 Å². The molecule has 0 aliphatic rings. The summed E-state index contributed by atoms with van der Waals surface area (Å²) >= 11 is 0. The van der Waals surface area contributed by atoms with Gasteiger partial charge in [0.25, 0.3) is 5.91 Å². The lowest BCUT2D eigenvalue weighted by Crippen LogP contribution is -2.30. The van der Waals surface area contributed by atoms with Crippen LogP contribution >= 0.6 is 0 Å². The van der Waals surface area contributed by atoms with Crippen LogP contribution in [-0.2, 0) is 9.53 Å². The molecule has 0 fully saturated rings. The fraction of sp³-hybridized carbons (Fsp3) is 0.167. The van der Waals surface area contributed by atoms with Crippen LogP contribution in [0.3, 0.4) is 0 Å². The van der Waals surface area contributed by atoms with Gasteiger partial charge in [0, 0.05) is 11.6 Å². The Morgan fingerprint density at radius 3 is 2.94 bits per heavy atom. The van der Waals surface area contributed by atoms with Gasteiger partial charge in [-0.1, -0.05) is 12.1 Å². The van der Waals surface area contributed by atoms with Crippen molar-refractivity contribution >= 4 is 22.8 Å². The molecule has 88 valence electrons. The van der Waals surface area contributed by atoms with E-state index in [1.165, 1.54) is 7.11 Å². The summed E-state index contributed by atoms with van der Waals surface area (Å²) in [6, 6.07) is 7.28. The van der Waals surface area contributed by atoms with Crippen molar-refractivity contribution in [3.63, 3.8) is 0 Å². The van der Waals surface area contributed by atoms with Gasteiger partial charge in [0.1, 0.15) is 6.54 Å². The Bertz CT molecular complexity index is 560. The molecule has 0 bridgehead atoms. The Balaban J connectivity index is 2.19. The quantitative estimate of drug-likeness (QED) is 0.777. The summed E-state index contributed by atoms with van der Waals surface area (Å²) in [5.41, 5.74) is 1.27. The highest BCUT2D eigenvalue weighted by Gasteiger charge is 2.11. The van der Waals surface area contributed by atoms with E-state index in [1.807, 2.05) is 12.1 Å². The summed E-state index contributed by atoms with van der Waals surface area (Å²) < 4.78 is 4.45. The maximum Gasteiger partial charge on any atom is 0.325 e. The van der Waals surface area contributed by atoms with Gasteiger partial charge in [0.05, 0.1) is 18.2 Å². The Labute approximate surface area is 97.8 Å². The number of methoxy groups -OCH3 is 1. The molecule has 0 unspecified atom stereocenters. The third kappa shape index (κ3) is 2.28. The molecule has 0 atom stereocenters. The number of H-pyrrole nitrogens is 1. The van der Waals surface area contributed by atoms with Gasteiger partial charge in [-0.3, -0.25) is 9.59 Å². The SMILES string of the molecule is COC(=O)CNC(=O)c1cccc2cc[nH]c12. The van der Waals surface area contributed by atoms with Crippen LogP contribution in [0.4, 0.5) is 0 Å². The molecule has 0 aliphatic carbocycles. The Morgan fingerprint density at radius 2 is 2.18 bits per heavy atom. The summed E-state index contributed by atoms with van der Waals surface area (Å²) in [4.78, 5) is 25.7. The first-order valence-corrected chi connectivity index (χ1v) is 5.13. The summed E-state index contributed by atoms with van der Waals surface area (Å²) in [6.07, 6.45) is 1.77. The molecule has 0 radical (unpaired) electrons. The van der Waals surface area contributed by atoms with Crippen LogP contribution in [0.25, 0.3) is 10.9 Å². The van der Waals surface area contributed by atoms with Gasteiger partial charge < -0.3 is 15.0 Å². The zero-order valence-electron chi connectivity index (χ0n) is 9.32. The number of hydrogen-bond acceptors (Lipinski definition) is 3. The number of aromatic nitrogens is 1. The average molecular weight is 232 g/mol. The van der Waals surface area contributed by atoms with Crippen LogP contribution in [0.1, 0.15) is 10.4 Å². The fourth-order valence-electron chi connectivity index (χ4n) is 1.59. The monoisotopic (exact) mass is 232 g/mol. The number of benzene rings is 1. The Hall–Kier alpha value is -2.30. The molecule has 1 aromatic heterocycles. The molecule has 1 amide bonds. The third-order valence-corrected chi connectivity index (χ3v) is 2.45. The van der Waals surface area contributed by atoms with Crippen molar-refractivity contribution in [1.82, 2.24) is 10.3 Å². The molecule has 0 saturated heterocycles. The molecule has 2 rings (SSSR count). The second kappa shape index (κ2) is 4.69. The molecule has 2 N–H and O–H groups in total. The number of amides is 1. The van der Waals surface area contributed by atoms with Gasteiger partial charge in [-0.25, -0.2) is 0 Å². The van der Waals surface area contributed by atoms with Crippen molar-refractivity contribution in [3.05, 3.63) is 36.0 Å². The molecular weight excluding hydrogens is 220 g/mol. The van der Waals surface area contributed by atoms with E-state index in [1.54, 1.807) is 18.3 Å². The minimum Gasteiger partial charge on any atom is -0.468 e. The van der Waals surface area contributed by atoms with E-state index >= 15 is 0 Å². The van der Waals surface area contributed by atoms with E-state index in [2.05, 4.69) is 15.0 Å². The maximum absolute atomic E-state index is 11.8. The molecule has 0 aliphatic heterocycles. The van der Waals surface area contributed by atoms with Gasteiger partial charge in [0.15, 0.2) is 0 Å². The molecule has 2 aromatic rings. The second-order valence-corrected chi connectivity index (χ2v) is 3.51. The number of carbonyl (C=O) groups excluding carboxylic acids is 2. The number of para-hydroxylation sites is 1. The van der Waals surface area contributed by atoms with Gasteiger partial charge in [-0.15, -0.1) is 0 Å². The number of rotatable bonds is 3. The third-order valence-electron chi connectivity index (χ3n) is 2.45. The number of esters is 1. The van der Waals surface area contributed by atoms with E-state index in [0.29, 0.717) is 5.56 Å². The standard InChI is InChI=1S/C12H12N2O3/c1-17-10(15)7-14-12(16)9-4-2-3-8-5-6-13-11(8)9/h2-6,13H,7H2,1H3,(H,14,16). The Morgan fingerprint density at radius 1 is 1.35 bits per heavy atom. The van der Waals surface area contributed by atoms with E-state index < -0.39 is 5.97 Å². The lowest BCUT2D eigenvalue weighted by atomic mass is 10.1. The lowest BCUT2D eigenvalue weighted by molar-refractivity contribution is -0.139. The summed E-state index contributed by atoms with van der Waals surface area (Å²) in [7, 11) is 1.28. The van der Waals surface area contributed by atoms with Crippen molar-refractivity contribution in [2.45, 2.75) is 0 Å². The largest absolute Gasteiger partial charge is 0.468 e. The van der Waals surface area contributed by atoms with Gasteiger partial charge in [-0.2, -0.15) is 0 Å². The zero-order valence-corrected chi connectivity index (χ0v) is 9.32. The van der Waals surface area contributed by atoms with Gasteiger partial charge in [-0.05, 0) is 12.1 Å². The average Bonchev–Trinajstić information content (AvgIpc) is 2.83. The highest BCUT2D eigenvalue weighted by atomic mass is 16.5. The van der Waals surface area contributed by atoms with Crippen LogP contribution in [0, 0.1) is 0 Å². The molecule has 5 nitrogen and oxygen atoms in total. The number of carbonyl (C=O) groups is 2. The van der Waals surface area contributed by atoms with Crippen molar-refractivity contribution in [2.24, 2.45) is 0 Å². The number of ether oxygens (including phenoxy) is 1. The fourth-order valence-corrected chi connectivity index (χ4v) is 1.59. The second-order valence-electron chi connectivity index (χ2n) is 3.51. The highest BCUT2D eigenvalue weighted by molar-refractivity contribution is 6.06. The van der Waals surface area contributed by atoms with E-state index in [-0.39, 0.29) is 12.5 Å². The minimum absolute atomic E-state index is 0.133. The molecule has 0 saturated carbocycles. The van der Waals surface area contributed by atoms with Gasteiger partial charge in [0.2, 0.25) is 0 Å². The molecule has 1 heterocycles. The number of fused-ring (bicyclic) bond motifs is 1. The maximum atomic E-state index is 11.8. The van der Waals surface area contributed by atoms with Crippen LogP contribution in [0.15, 0.2) is 30.5 Å². The number of aromatic amines is 1. The van der Waals surface area contributed by atoms with Crippen LogP contribution < -0.4 is 5.32 Å². The van der Waals surface area contributed by atoms with Crippen molar-refractivity contribution in [2.75, 3.05) is 13.7 Å². The van der Waals surface area contributed by atoms with Crippen LogP contribution in [0.2, 0.25) is 0 Å². The van der Waals surface area contributed by atoms with Crippen molar-refractivity contribution < 1.29 is 14.3 Å². The molecular formula is C12H12N2O3.